The first-order valence-electron chi connectivity index (χ1n) is 7.55. The highest BCUT2D eigenvalue weighted by Crippen LogP contribution is 2.30. The molecule has 0 fully saturated rings. The van der Waals surface area contributed by atoms with Crippen LogP contribution in [0.1, 0.15) is 34.8 Å². The van der Waals surface area contributed by atoms with Crippen molar-refractivity contribution in [1.82, 2.24) is 10.6 Å². The number of para-hydroxylation sites is 1. The maximum Gasteiger partial charge on any atom is 0.252 e. The van der Waals surface area contributed by atoms with Gasteiger partial charge in [0.25, 0.3) is 5.91 Å². The first kappa shape index (κ1) is 15.6. The average molecular weight is 330 g/mol. The summed E-state index contributed by atoms with van der Waals surface area (Å²) in [5, 5.41) is 9.21. The molecular weight excluding hydrogens is 312 g/mol. The van der Waals surface area contributed by atoms with Gasteiger partial charge in [0.1, 0.15) is 5.75 Å². The summed E-state index contributed by atoms with van der Waals surface area (Å²) in [7, 11) is 0. The summed E-state index contributed by atoms with van der Waals surface area (Å²) in [5.41, 5.74) is 1.57. The molecule has 0 spiro atoms. The van der Waals surface area contributed by atoms with E-state index in [0.717, 1.165) is 24.2 Å². The van der Waals surface area contributed by atoms with Crippen molar-refractivity contribution in [2.24, 2.45) is 0 Å². The van der Waals surface area contributed by atoms with Crippen LogP contribution in [0.15, 0.2) is 41.1 Å². The van der Waals surface area contributed by atoms with Crippen LogP contribution in [0.25, 0.3) is 0 Å². The lowest BCUT2D eigenvalue weighted by Crippen LogP contribution is -2.38. The Morgan fingerprint density at radius 2 is 2.13 bits per heavy atom. The molecule has 1 aromatic heterocycles. The molecule has 2 amide bonds. The third kappa shape index (κ3) is 3.90. The van der Waals surface area contributed by atoms with Gasteiger partial charge in [-0.15, -0.1) is 0 Å². The Bertz CT molecular complexity index is 685. The van der Waals surface area contributed by atoms with Crippen LogP contribution in [0.4, 0.5) is 0 Å². The lowest BCUT2D eigenvalue weighted by atomic mass is 10.0. The van der Waals surface area contributed by atoms with E-state index in [4.69, 9.17) is 4.74 Å². The lowest BCUT2D eigenvalue weighted by Gasteiger charge is -2.18. The van der Waals surface area contributed by atoms with E-state index in [0.29, 0.717) is 12.2 Å². The number of ether oxygens (including phenoxy) is 1. The van der Waals surface area contributed by atoms with E-state index in [-0.39, 0.29) is 24.4 Å². The van der Waals surface area contributed by atoms with Crippen molar-refractivity contribution in [2.45, 2.75) is 18.9 Å². The zero-order chi connectivity index (χ0) is 16.1. The van der Waals surface area contributed by atoms with Crippen LogP contribution in [0, 0.1) is 0 Å². The van der Waals surface area contributed by atoms with Crippen molar-refractivity contribution < 1.29 is 14.3 Å². The van der Waals surface area contributed by atoms with Crippen molar-refractivity contribution in [3.63, 3.8) is 0 Å². The van der Waals surface area contributed by atoms with Gasteiger partial charge in [-0.3, -0.25) is 9.59 Å². The van der Waals surface area contributed by atoms with Gasteiger partial charge in [-0.05, 0) is 30.4 Å². The number of amides is 2. The molecular formula is C17H18N2O3S. The first-order chi connectivity index (χ1) is 11.2. The highest BCUT2D eigenvalue weighted by Gasteiger charge is 2.21. The molecule has 0 saturated carbocycles. The summed E-state index contributed by atoms with van der Waals surface area (Å²) in [5.74, 6) is 0.388. The van der Waals surface area contributed by atoms with Gasteiger partial charge in [0.05, 0.1) is 19.2 Å². The molecule has 2 aromatic rings. The van der Waals surface area contributed by atoms with Gasteiger partial charge in [-0.2, -0.15) is 11.3 Å². The lowest BCUT2D eigenvalue weighted by molar-refractivity contribution is -0.120. The zero-order valence-electron chi connectivity index (χ0n) is 12.6. The highest BCUT2D eigenvalue weighted by molar-refractivity contribution is 7.08. The number of carbonyl (C=O) groups is 2. The van der Waals surface area contributed by atoms with Gasteiger partial charge < -0.3 is 15.4 Å². The van der Waals surface area contributed by atoms with Crippen LogP contribution in [0.2, 0.25) is 0 Å². The molecule has 2 N–H and O–H groups in total. The van der Waals surface area contributed by atoms with Crippen molar-refractivity contribution in [3.05, 3.63) is 52.2 Å². The molecule has 0 aliphatic carbocycles. The van der Waals surface area contributed by atoms with Gasteiger partial charge in [0.2, 0.25) is 5.91 Å². The van der Waals surface area contributed by atoms with Crippen molar-refractivity contribution in [1.29, 1.82) is 0 Å². The highest BCUT2D eigenvalue weighted by atomic mass is 32.1. The minimum Gasteiger partial charge on any atom is -0.493 e. The number of hydrogen-bond acceptors (Lipinski definition) is 4. The minimum atomic E-state index is -0.231. The Hall–Kier alpha value is -2.34. The molecule has 0 saturated heterocycles. The molecule has 0 radical (unpaired) electrons. The average Bonchev–Trinajstić information content (AvgIpc) is 3.03. The number of nitrogens with one attached hydrogen (secondary N) is 2. The number of benzene rings is 1. The first-order valence-corrected chi connectivity index (χ1v) is 8.50. The van der Waals surface area contributed by atoms with Crippen molar-refractivity contribution >= 4 is 23.2 Å². The predicted molar refractivity (Wildman–Crippen MR) is 88.7 cm³/mol. The molecule has 23 heavy (non-hydrogen) atoms. The standard InChI is InChI=1S/C17H18N2O3S/c20-16(10-18-17(21)12-7-9-23-11-12)19-14-5-3-8-22-15-6-2-1-4-13(14)15/h1-2,4,6-7,9,11,14H,3,5,8,10H2,(H,18,21)(H,19,20). The molecule has 5 nitrogen and oxygen atoms in total. The summed E-state index contributed by atoms with van der Waals surface area (Å²) in [4.78, 5) is 24.0. The van der Waals surface area contributed by atoms with Gasteiger partial charge >= 0.3 is 0 Å². The second-order valence-corrected chi connectivity index (χ2v) is 6.12. The van der Waals surface area contributed by atoms with E-state index in [1.807, 2.05) is 29.6 Å². The second kappa shape index (κ2) is 7.28. The molecule has 1 aliphatic rings. The van der Waals surface area contributed by atoms with Crippen molar-refractivity contribution in [3.8, 4) is 5.75 Å². The molecule has 120 valence electrons. The fourth-order valence-electron chi connectivity index (χ4n) is 2.58. The quantitative estimate of drug-likeness (QED) is 0.905. The van der Waals surface area contributed by atoms with Crippen LogP contribution in [-0.2, 0) is 4.79 Å². The number of carbonyl (C=O) groups excluding carboxylic acids is 2. The topological polar surface area (TPSA) is 67.4 Å². The maximum atomic E-state index is 12.1. The Kier molecular flexibility index (Phi) is 4.92. The van der Waals surface area contributed by atoms with Crippen LogP contribution < -0.4 is 15.4 Å². The minimum absolute atomic E-state index is 0.0335. The summed E-state index contributed by atoms with van der Waals surface area (Å²) >= 11 is 1.45. The molecule has 1 atom stereocenters. The van der Waals surface area contributed by atoms with E-state index in [2.05, 4.69) is 10.6 Å². The van der Waals surface area contributed by atoms with E-state index in [1.54, 1.807) is 11.4 Å². The Labute approximate surface area is 138 Å². The van der Waals surface area contributed by atoms with Gasteiger partial charge in [0, 0.05) is 16.5 Å². The largest absolute Gasteiger partial charge is 0.493 e. The molecule has 1 aliphatic heterocycles. The molecule has 6 heteroatoms. The van der Waals surface area contributed by atoms with Gasteiger partial charge in [0.15, 0.2) is 0 Å². The molecule has 0 bridgehead atoms. The smallest absolute Gasteiger partial charge is 0.252 e. The Balaban J connectivity index is 1.58. The second-order valence-electron chi connectivity index (χ2n) is 5.34. The maximum absolute atomic E-state index is 12.1. The number of fused-ring (bicyclic) bond motifs is 1. The van der Waals surface area contributed by atoms with Gasteiger partial charge in [-0.25, -0.2) is 0 Å². The zero-order valence-corrected chi connectivity index (χ0v) is 13.4. The number of thiophene rings is 1. The fraction of sp³-hybridized carbons (Fsp3) is 0.294. The normalized spacial score (nSPS) is 16.6. The Morgan fingerprint density at radius 1 is 1.26 bits per heavy atom. The van der Waals surface area contributed by atoms with Crippen LogP contribution in [0.3, 0.4) is 0 Å². The SMILES string of the molecule is O=C(CNC(=O)c1ccsc1)NC1CCCOc2ccccc21. The van der Waals surface area contributed by atoms with E-state index in [9.17, 15) is 9.59 Å². The third-order valence-electron chi connectivity index (χ3n) is 3.72. The molecule has 2 heterocycles. The van der Waals surface area contributed by atoms with Crippen molar-refractivity contribution in [2.75, 3.05) is 13.2 Å². The van der Waals surface area contributed by atoms with E-state index < -0.39 is 0 Å². The fourth-order valence-corrected chi connectivity index (χ4v) is 3.21. The van der Waals surface area contributed by atoms with Gasteiger partial charge in [-0.1, -0.05) is 18.2 Å². The molecule has 3 rings (SSSR count). The molecule has 1 unspecified atom stereocenters. The predicted octanol–water partition coefficient (Wildman–Crippen LogP) is 2.51. The number of rotatable bonds is 4. The number of hydrogen-bond donors (Lipinski definition) is 2. The summed E-state index contributed by atoms with van der Waals surface area (Å²) in [6, 6.07) is 9.39. The monoisotopic (exact) mass is 330 g/mol. The van der Waals surface area contributed by atoms with Crippen LogP contribution >= 0.6 is 11.3 Å². The van der Waals surface area contributed by atoms with Crippen LogP contribution in [0.5, 0.6) is 5.75 Å². The summed E-state index contributed by atoms with van der Waals surface area (Å²) in [6.07, 6.45) is 1.70. The molecule has 1 aromatic carbocycles. The van der Waals surface area contributed by atoms with Crippen LogP contribution in [-0.4, -0.2) is 25.0 Å². The van der Waals surface area contributed by atoms with E-state index >= 15 is 0 Å². The summed E-state index contributed by atoms with van der Waals surface area (Å²) in [6.45, 7) is 0.618. The summed E-state index contributed by atoms with van der Waals surface area (Å²) < 4.78 is 5.69. The van der Waals surface area contributed by atoms with E-state index in [1.165, 1.54) is 11.3 Å². The third-order valence-corrected chi connectivity index (χ3v) is 4.40. The Morgan fingerprint density at radius 3 is 2.96 bits per heavy atom.